The van der Waals surface area contributed by atoms with Crippen LogP contribution in [0.3, 0.4) is 0 Å². The highest BCUT2D eigenvalue weighted by molar-refractivity contribution is 5.81. The number of rotatable bonds is 4. The molecule has 0 fully saturated rings. The van der Waals surface area contributed by atoms with Crippen LogP contribution in [0.15, 0.2) is 42.5 Å². The van der Waals surface area contributed by atoms with Gasteiger partial charge < -0.3 is 9.84 Å². The molecule has 0 atom stereocenters. The van der Waals surface area contributed by atoms with Crippen molar-refractivity contribution in [1.29, 1.82) is 0 Å². The first-order chi connectivity index (χ1) is 9.86. The van der Waals surface area contributed by atoms with E-state index in [-0.39, 0.29) is 5.82 Å². The SMILES string of the molecule is COc1ccc(F)cc1-c1ccc(C(C)(C)C(=O)O)cc1. The molecule has 0 bridgehead atoms. The Hall–Kier alpha value is -2.36. The molecular weight excluding hydrogens is 271 g/mol. The van der Waals surface area contributed by atoms with E-state index in [9.17, 15) is 14.3 Å². The van der Waals surface area contributed by atoms with E-state index in [4.69, 9.17) is 4.74 Å². The van der Waals surface area contributed by atoms with Crippen molar-refractivity contribution in [2.24, 2.45) is 0 Å². The third kappa shape index (κ3) is 2.89. The summed E-state index contributed by atoms with van der Waals surface area (Å²) in [5.41, 5.74) is 1.13. The van der Waals surface area contributed by atoms with Gasteiger partial charge in [-0.3, -0.25) is 4.79 Å². The first-order valence-electron chi connectivity index (χ1n) is 6.54. The molecule has 2 aromatic carbocycles. The summed E-state index contributed by atoms with van der Waals surface area (Å²) in [5, 5.41) is 9.23. The number of carbonyl (C=O) groups is 1. The molecule has 0 saturated carbocycles. The standard InChI is InChI=1S/C17H17FO3/c1-17(2,16(19)20)12-6-4-11(5-7-12)14-10-13(18)8-9-15(14)21-3/h4-10H,1-3H3,(H,19,20). The highest BCUT2D eigenvalue weighted by atomic mass is 19.1. The van der Waals surface area contributed by atoms with Gasteiger partial charge in [0.2, 0.25) is 0 Å². The van der Waals surface area contributed by atoms with E-state index in [0.717, 1.165) is 5.56 Å². The van der Waals surface area contributed by atoms with E-state index in [1.807, 2.05) is 0 Å². The number of ether oxygens (including phenoxy) is 1. The van der Waals surface area contributed by atoms with Crippen LogP contribution in [0, 0.1) is 5.82 Å². The van der Waals surface area contributed by atoms with Crippen LogP contribution >= 0.6 is 0 Å². The van der Waals surface area contributed by atoms with E-state index in [1.54, 1.807) is 44.2 Å². The summed E-state index contributed by atoms with van der Waals surface area (Å²) in [5.74, 6) is -0.666. The zero-order chi connectivity index (χ0) is 15.6. The van der Waals surface area contributed by atoms with Gasteiger partial charge in [0.1, 0.15) is 11.6 Å². The van der Waals surface area contributed by atoms with Gasteiger partial charge in [0.05, 0.1) is 12.5 Å². The smallest absolute Gasteiger partial charge is 0.313 e. The monoisotopic (exact) mass is 288 g/mol. The highest BCUT2D eigenvalue weighted by Gasteiger charge is 2.29. The number of aliphatic carboxylic acids is 1. The number of benzene rings is 2. The Labute approximate surface area is 123 Å². The van der Waals surface area contributed by atoms with Crippen LogP contribution in [0.4, 0.5) is 4.39 Å². The van der Waals surface area contributed by atoms with Crippen LogP contribution in [-0.4, -0.2) is 18.2 Å². The fourth-order valence-electron chi connectivity index (χ4n) is 2.10. The Morgan fingerprint density at radius 3 is 2.29 bits per heavy atom. The molecule has 0 radical (unpaired) electrons. The van der Waals surface area contributed by atoms with Crippen molar-refractivity contribution in [3.63, 3.8) is 0 Å². The predicted octanol–water partition coefficient (Wildman–Crippen LogP) is 3.86. The number of carboxylic acid groups (broad SMARTS) is 1. The van der Waals surface area contributed by atoms with E-state index >= 15 is 0 Å². The van der Waals surface area contributed by atoms with Crippen molar-refractivity contribution >= 4 is 5.97 Å². The van der Waals surface area contributed by atoms with E-state index in [0.29, 0.717) is 16.9 Å². The van der Waals surface area contributed by atoms with Crippen LogP contribution in [0.1, 0.15) is 19.4 Å². The third-order valence-corrected chi connectivity index (χ3v) is 3.61. The lowest BCUT2D eigenvalue weighted by Gasteiger charge is -2.20. The second kappa shape index (κ2) is 5.56. The molecule has 0 aliphatic rings. The van der Waals surface area contributed by atoms with Gasteiger partial charge in [-0.2, -0.15) is 0 Å². The van der Waals surface area contributed by atoms with Gasteiger partial charge >= 0.3 is 5.97 Å². The Kier molecular flexibility index (Phi) is 3.98. The summed E-state index contributed by atoms with van der Waals surface area (Å²) >= 11 is 0. The minimum Gasteiger partial charge on any atom is -0.496 e. The maximum Gasteiger partial charge on any atom is 0.313 e. The van der Waals surface area contributed by atoms with Crippen molar-refractivity contribution < 1.29 is 19.0 Å². The molecule has 21 heavy (non-hydrogen) atoms. The van der Waals surface area contributed by atoms with Gasteiger partial charge in [-0.1, -0.05) is 24.3 Å². The molecule has 0 spiro atoms. The molecule has 1 N–H and O–H groups in total. The number of hydrogen-bond donors (Lipinski definition) is 1. The average molecular weight is 288 g/mol. The molecular formula is C17H17FO3. The van der Waals surface area contributed by atoms with E-state index in [1.165, 1.54) is 19.2 Å². The first kappa shape index (κ1) is 15.0. The number of halogens is 1. The lowest BCUT2D eigenvalue weighted by atomic mass is 9.84. The average Bonchev–Trinajstić information content (AvgIpc) is 2.47. The second-order valence-corrected chi connectivity index (χ2v) is 5.35. The Bertz CT molecular complexity index is 660. The molecule has 0 amide bonds. The van der Waals surface area contributed by atoms with Crippen LogP contribution in [0.5, 0.6) is 5.75 Å². The largest absolute Gasteiger partial charge is 0.496 e. The second-order valence-electron chi connectivity index (χ2n) is 5.35. The van der Waals surface area contributed by atoms with Crippen LogP contribution < -0.4 is 4.74 Å². The molecule has 2 rings (SSSR count). The predicted molar refractivity (Wildman–Crippen MR) is 79.0 cm³/mol. The number of hydrogen-bond acceptors (Lipinski definition) is 2. The first-order valence-corrected chi connectivity index (χ1v) is 6.54. The van der Waals surface area contributed by atoms with Gasteiger partial charge in [-0.05, 0) is 43.2 Å². The minimum atomic E-state index is -0.968. The fraction of sp³-hybridized carbons (Fsp3) is 0.235. The molecule has 0 aliphatic heterocycles. The van der Waals surface area contributed by atoms with E-state index < -0.39 is 11.4 Å². The topological polar surface area (TPSA) is 46.5 Å². The molecule has 0 aliphatic carbocycles. The van der Waals surface area contributed by atoms with Crippen molar-refractivity contribution in [2.75, 3.05) is 7.11 Å². The zero-order valence-corrected chi connectivity index (χ0v) is 12.2. The van der Waals surface area contributed by atoms with Gasteiger partial charge in [0.15, 0.2) is 0 Å². The maximum absolute atomic E-state index is 13.4. The molecule has 0 aromatic heterocycles. The Morgan fingerprint density at radius 2 is 1.76 bits per heavy atom. The van der Waals surface area contributed by atoms with E-state index in [2.05, 4.69) is 0 Å². The Balaban J connectivity index is 2.45. The number of methoxy groups -OCH3 is 1. The quantitative estimate of drug-likeness (QED) is 0.929. The summed E-state index contributed by atoms with van der Waals surface area (Å²) in [6.07, 6.45) is 0. The molecule has 3 nitrogen and oxygen atoms in total. The Morgan fingerprint density at radius 1 is 1.14 bits per heavy atom. The minimum absolute atomic E-state index is 0.347. The summed E-state index contributed by atoms with van der Waals surface area (Å²) in [4.78, 5) is 11.3. The highest BCUT2D eigenvalue weighted by Crippen LogP contribution is 2.32. The third-order valence-electron chi connectivity index (χ3n) is 3.61. The molecule has 0 unspecified atom stereocenters. The zero-order valence-electron chi connectivity index (χ0n) is 12.2. The summed E-state index contributed by atoms with van der Waals surface area (Å²) in [6, 6.07) is 11.3. The van der Waals surface area contributed by atoms with Crippen molar-refractivity contribution in [3.8, 4) is 16.9 Å². The van der Waals surface area contributed by atoms with Gasteiger partial charge in [-0.15, -0.1) is 0 Å². The molecule has 2 aromatic rings. The van der Waals surface area contributed by atoms with Crippen molar-refractivity contribution in [1.82, 2.24) is 0 Å². The molecule has 0 heterocycles. The van der Waals surface area contributed by atoms with Gasteiger partial charge in [0.25, 0.3) is 0 Å². The molecule has 0 saturated heterocycles. The normalized spacial score (nSPS) is 11.2. The fourth-order valence-corrected chi connectivity index (χ4v) is 2.10. The van der Waals surface area contributed by atoms with Crippen molar-refractivity contribution in [2.45, 2.75) is 19.3 Å². The summed E-state index contributed by atoms with van der Waals surface area (Å²) in [6.45, 7) is 3.29. The van der Waals surface area contributed by atoms with Gasteiger partial charge in [-0.25, -0.2) is 4.39 Å². The summed E-state index contributed by atoms with van der Waals surface area (Å²) in [7, 11) is 1.53. The number of carboxylic acids is 1. The van der Waals surface area contributed by atoms with Crippen molar-refractivity contribution in [3.05, 3.63) is 53.8 Å². The lowest BCUT2D eigenvalue weighted by molar-refractivity contribution is -0.142. The lowest BCUT2D eigenvalue weighted by Crippen LogP contribution is -2.28. The molecule has 4 heteroatoms. The summed E-state index contributed by atoms with van der Waals surface area (Å²) < 4.78 is 18.6. The molecule has 110 valence electrons. The van der Waals surface area contributed by atoms with Gasteiger partial charge in [0, 0.05) is 5.56 Å². The van der Waals surface area contributed by atoms with Crippen LogP contribution in [0.2, 0.25) is 0 Å². The maximum atomic E-state index is 13.4. The van der Waals surface area contributed by atoms with Crippen LogP contribution in [0.25, 0.3) is 11.1 Å². The van der Waals surface area contributed by atoms with Crippen LogP contribution in [-0.2, 0) is 10.2 Å².